The first-order valence-electron chi connectivity index (χ1n) is 10.5. The van der Waals surface area contributed by atoms with Gasteiger partial charge < -0.3 is 19.9 Å². The third-order valence-electron chi connectivity index (χ3n) is 5.60. The second-order valence-corrected chi connectivity index (χ2v) is 7.74. The minimum atomic E-state index is -0.415. The number of carbonyl (C=O) groups excluding carboxylic acids is 2. The number of nitrogens with one attached hydrogen (secondary N) is 2. The molecule has 1 heterocycles. The van der Waals surface area contributed by atoms with Crippen LogP contribution in [0.25, 0.3) is 10.9 Å². The fourth-order valence-electron chi connectivity index (χ4n) is 3.87. The Kier molecular flexibility index (Phi) is 6.13. The molecule has 1 atom stereocenters. The number of hydrogen-bond donors (Lipinski definition) is 2. The molecule has 1 amide bonds. The number of methoxy groups -OCH3 is 1. The molecule has 3 aromatic carbocycles. The third-order valence-corrected chi connectivity index (χ3v) is 5.60. The van der Waals surface area contributed by atoms with E-state index in [2.05, 4.69) is 10.6 Å². The molecule has 1 unspecified atom stereocenters. The lowest BCUT2D eigenvalue weighted by Crippen LogP contribution is -2.29. The van der Waals surface area contributed by atoms with Crippen molar-refractivity contribution in [1.29, 1.82) is 0 Å². The van der Waals surface area contributed by atoms with Crippen molar-refractivity contribution in [3.8, 4) is 0 Å². The molecule has 0 bridgehead atoms. The smallest absolute Gasteiger partial charge is 0.337 e. The van der Waals surface area contributed by atoms with Crippen molar-refractivity contribution in [3.05, 3.63) is 95.4 Å². The minimum absolute atomic E-state index is 0.280. The Morgan fingerprint density at radius 1 is 1.00 bits per heavy atom. The second kappa shape index (κ2) is 9.16. The van der Waals surface area contributed by atoms with Gasteiger partial charge in [-0.25, -0.2) is 9.18 Å². The van der Waals surface area contributed by atoms with Gasteiger partial charge >= 0.3 is 5.97 Å². The van der Waals surface area contributed by atoms with E-state index in [-0.39, 0.29) is 17.8 Å². The first-order valence-corrected chi connectivity index (χ1v) is 10.5. The molecule has 0 saturated carbocycles. The van der Waals surface area contributed by atoms with Crippen molar-refractivity contribution in [2.24, 2.45) is 7.05 Å². The van der Waals surface area contributed by atoms with Crippen LogP contribution in [-0.2, 0) is 11.8 Å². The molecule has 2 N–H and O–H groups in total. The SMILES string of the molecule is COC(=O)c1ccc(C(C)NC(=O)c2c(Nc3cccc(F)c3)c3ccccc3n2C)cc1. The number of esters is 1. The number of aromatic nitrogens is 1. The Balaban J connectivity index is 1.66. The molecule has 4 aromatic rings. The lowest BCUT2D eigenvalue weighted by atomic mass is 10.1. The Labute approximate surface area is 191 Å². The maximum atomic E-state index is 13.8. The zero-order valence-corrected chi connectivity index (χ0v) is 18.6. The van der Waals surface area contributed by atoms with Crippen molar-refractivity contribution in [2.45, 2.75) is 13.0 Å². The molecule has 0 radical (unpaired) electrons. The summed E-state index contributed by atoms with van der Waals surface area (Å²) in [6.45, 7) is 1.87. The van der Waals surface area contributed by atoms with Gasteiger partial charge in [0.1, 0.15) is 11.5 Å². The predicted molar refractivity (Wildman–Crippen MR) is 126 cm³/mol. The molecule has 0 fully saturated rings. The zero-order valence-electron chi connectivity index (χ0n) is 18.6. The molecule has 0 aliphatic rings. The van der Waals surface area contributed by atoms with Gasteiger partial charge in [0.05, 0.1) is 29.9 Å². The van der Waals surface area contributed by atoms with E-state index in [1.54, 1.807) is 36.4 Å². The number of fused-ring (bicyclic) bond motifs is 1. The molecule has 7 heteroatoms. The van der Waals surface area contributed by atoms with E-state index in [0.29, 0.717) is 22.6 Å². The second-order valence-electron chi connectivity index (χ2n) is 7.74. The third kappa shape index (κ3) is 4.43. The quantitative estimate of drug-likeness (QED) is 0.393. The van der Waals surface area contributed by atoms with Crippen molar-refractivity contribution in [2.75, 3.05) is 12.4 Å². The van der Waals surface area contributed by atoms with E-state index in [1.807, 2.05) is 42.8 Å². The highest BCUT2D eigenvalue weighted by molar-refractivity contribution is 6.09. The summed E-state index contributed by atoms with van der Waals surface area (Å²) in [6, 6.07) is 20.3. The van der Waals surface area contributed by atoms with Crippen molar-refractivity contribution >= 4 is 34.2 Å². The molecule has 0 spiro atoms. The summed E-state index contributed by atoms with van der Waals surface area (Å²) in [7, 11) is 3.15. The van der Waals surface area contributed by atoms with Crippen LogP contribution >= 0.6 is 0 Å². The normalized spacial score (nSPS) is 11.8. The predicted octanol–water partition coefficient (Wildman–Crippen LogP) is 5.34. The summed E-state index contributed by atoms with van der Waals surface area (Å²) < 4.78 is 20.3. The van der Waals surface area contributed by atoms with Crippen molar-refractivity contribution in [1.82, 2.24) is 9.88 Å². The summed E-state index contributed by atoms with van der Waals surface area (Å²) >= 11 is 0. The van der Waals surface area contributed by atoms with Crippen LogP contribution < -0.4 is 10.6 Å². The van der Waals surface area contributed by atoms with Crippen LogP contribution in [0.2, 0.25) is 0 Å². The van der Waals surface area contributed by atoms with Gasteiger partial charge in [-0.2, -0.15) is 0 Å². The Morgan fingerprint density at radius 2 is 1.73 bits per heavy atom. The van der Waals surface area contributed by atoms with Crippen LogP contribution in [0.4, 0.5) is 15.8 Å². The lowest BCUT2D eigenvalue weighted by Gasteiger charge is -2.17. The number of amides is 1. The van der Waals surface area contributed by atoms with E-state index in [4.69, 9.17) is 4.74 Å². The maximum Gasteiger partial charge on any atom is 0.337 e. The molecular formula is C26H24FN3O3. The van der Waals surface area contributed by atoms with Gasteiger partial charge in [0.2, 0.25) is 0 Å². The topological polar surface area (TPSA) is 72.4 Å². The Morgan fingerprint density at radius 3 is 2.42 bits per heavy atom. The molecule has 6 nitrogen and oxygen atoms in total. The number of anilines is 2. The van der Waals surface area contributed by atoms with Crippen LogP contribution in [0.3, 0.4) is 0 Å². The molecule has 0 aliphatic heterocycles. The van der Waals surface area contributed by atoms with E-state index in [9.17, 15) is 14.0 Å². The number of para-hydroxylation sites is 1. The number of benzene rings is 3. The zero-order chi connectivity index (χ0) is 23.5. The monoisotopic (exact) mass is 445 g/mol. The first kappa shape index (κ1) is 22.1. The molecule has 0 aliphatic carbocycles. The summed E-state index contributed by atoms with van der Waals surface area (Å²) in [4.78, 5) is 25.1. The largest absolute Gasteiger partial charge is 0.465 e. The number of rotatable bonds is 6. The lowest BCUT2D eigenvalue weighted by molar-refractivity contribution is 0.0600. The van der Waals surface area contributed by atoms with Gasteiger partial charge in [0.25, 0.3) is 5.91 Å². The minimum Gasteiger partial charge on any atom is -0.465 e. The highest BCUT2D eigenvalue weighted by Crippen LogP contribution is 2.33. The van der Waals surface area contributed by atoms with E-state index in [1.165, 1.54) is 19.2 Å². The van der Waals surface area contributed by atoms with Crippen LogP contribution in [-0.4, -0.2) is 23.6 Å². The van der Waals surface area contributed by atoms with Crippen molar-refractivity contribution < 1.29 is 18.7 Å². The van der Waals surface area contributed by atoms with Gasteiger partial charge in [-0.3, -0.25) is 4.79 Å². The number of halogens is 1. The van der Waals surface area contributed by atoms with E-state index in [0.717, 1.165) is 16.5 Å². The Hall–Kier alpha value is -4.13. The molecule has 1 aromatic heterocycles. The standard InChI is InChI=1S/C26H24FN3O3/c1-16(17-11-13-18(14-12-17)26(32)33-3)28-25(31)24-23(29-20-8-6-7-19(27)15-20)21-9-4-5-10-22(21)30(24)2/h4-16,29H,1-3H3,(H,28,31). The van der Waals surface area contributed by atoms with Gasteiger partial charge in [0, 0.05) is 18.1 Å². The fraction of sp³-hybridized carbons (Fsp3) is 0.154. The molecule has 33 heavy (non-hydrogen) atoms. The van der Waals surface area contributed by atoms with Gasteiger partial charge in [-0.1, -0.05) is 36.4 Å². The van der Waals surface area contributed by atoms with Crippen LogP contribution in [0, 0.1) is 5.82 Å². The summed E-state index contributed by atoms with van der Waals surface area (Å²) in [5, 5.41) is 7.10. The Bertz CT molecular complexity index is 1330. The highest BCUT2D eigenvalue weighted by Gasteiger charge is 2.23. The number of carbonyl (C=O) groups is 2. The van der Waals surface area contributed by atoms with Gasteiger partial charge in [-0.05, 0) is 48.9 Å². The maximum absolute atomic E-state index is 13.8. The van der Waals surface area contributed by atoms with Crippen LogP contribution in [0.1, 0.15) is 39.4 Å². The summed E-state index contributed by atoms with van der Waals surface area (Å²) in [5.74, 6) is -1.06. The van der Waals surface area contributed by atoms with Crippen LogP contribution in [0.5, 0.6) is 0 Å². The summed E-state index contributed by atoms with van der Waals surface area (Å²) in [6.07, 6.45) is 0. The molecular weight excluding hydrogens is 421 g/mol. The average molecular weight is 445 g/mol. The molecule has 0 saturated heterocycles. The van der Waals surface area contributed by atoms with Gasteiger partial charge in [-0.15, -0.1) is 0 Å². The highest BCUT2D eigenvalue weighted by atomic mass is 19.1. The van der Waals surface area contributed by atoms with Crippen LogP contribution in [0.15, 0.2) is 72.8 Å². The summed E-state index contributed by atoms with van der Waals surface area (Å²) in [5.41, 5.74) is 3.73. The van der Waals surface area contributed by atoms with E-state index < -0.39 is 5.97 Å². The molecule has 4 rings (SSSR count). The number of ether oxygens (including phenoxy) is 1. The van der Waals surface area contributed by atoms with Crippen molar-refractivity contribution in [3.63, 3.8) is 0 Å². The average Bonchev–Trinajstić information content (AvgIpc) is 3.10. The number of nitrogens with zero attached hydrogens (tertiary/aromatic N) is 1. The first-order chi connectivity index (χ1) is 15.9. The molecule has 168 valence electrons. The number of hydrogen-bond acceptors (Lipinski definition) is 4. The number of aryl methyl sites for hydroxylation is 1. The van der Waals surface area contributed by atoms with E-state index >= 15 is 0 Å². The fourth-order valence-corrected chi connectivity index (χ4v) is 3.87. The van der Waals surface area contributed by atoms with Gasteiger partial charge in [0.15, 0.2) is 0 Å².